The van der Waals surface area contributed by atoms with Gasteiger partial charge in [0.1, 0.15) is 48.5 Å². The molecule has 0 aliphatic carbocycles. The first kappa shape index (κ1) is 57.6. The van der Waals surface area contributed by atoms with Crippen molar-refractivity contribution >= 4 is 71.2 Å². The van der Waals surface area contributed by atoms with Crippen molar-refractivity contribution in [3.05, 3.63) is 29.8 Å². The highest BCUT2D eigenvalue weighted by Crippen LogP contribution is 2.13. The van der Waals surface area contributed by atoms with Crippen molar-refractivity contribution in [1.29, 1.82) is 0 Å². The van der Waals surface area contributed by atoms with Crippen LogP contribution < -0.4 is 54.4 Å². The zero-order chi connectivity index (χ0) is 50.8. The van der Waals surface area contributed by atoms with Gasteiger partial charge in [-0.15, -0.1) is 0 Å². The van der Waals surface area contributed by atoms with Gasteiger partial charge in [-0.25, -0.2) is 0 Å². The fraction of sp³-hybridized carbons (Fsp3) is 0.538. The normalized spacial score (nSPS) is 13.9. The summed E-state index contributed by atoms with van der Waals surface area (Å²) >= 11 is 0. The Morgan fingerprint density at radius 1 is 0.433 bits per heavy atom. The third-order valence-electron chi connectivity index (χ3n) is 9.35. The second-order valence-corrected chi connectivity index (χ2v) is 14.9. The number of carboxylic acids is 5. The molecule has 28 heteroatoms. The van der Waals surface area contributed by atoms with Crippen molar-refractivity contribution in [2.24, 2.45) is 17.2 Å². The maximum absolute atomic E-state index is 13.8. The number of carboxylic acid groups (broad SMARTS) is 5. The standard InChI is InChI=1S/C39H58N10O18/c40-11-3-1-5-22(34(62)43-18-32(59)60)44-37(65)25(15-29(53)54)48-39(67)27(17-31(57)58)49-38(66)26(16-30(55)56)47-35(63)23(6-2-4-12-41)45-36(64)24(13-19-7-9-20(50)10-8-19)46-33(61)21(42)14-28(51)52/h7-10,21-27,50H,1-6,11-18,40-42H2,(H,43,62)(H,44,65)(H,45,64)(H,46,61)(H,47,63)(H,48,67)(H,49,66)(H,51,52)(H,53,54)(H,55,56)(H,57,58)(H,59,60)/t21-,22-,23-,24-,25-,26-,27-/m0/s1. The minimum atomic E-state index is -2.18. The molecule has 0 spiro atoms. The van der Waals surface area contributed by atoms with Crippen LogP contribution in [0, 0.1) is 0 Å². The molecule has 372 valence electrons. The highest BCUT2D eigenvalue weighted by molar-refractivity contribution is 6.00. The van der Waals surface area contributed by atoms with Crippen LogP contribution in [0.4, 0.5) is 0 Å². The zero-order valence-corrected chi connectivity index (χ0v) is 36.1. The first-order chi connectivity index (χ1) is 31.5. The number of amides is 7. The van der Waals surface area contributed by atoms with E-state index in [4.69, 9.17) is 27.4 Å². The van der Waals surface area contributed by atoms with Crippen LogP contribution in [0.3, 0.4) is 0 Å². The molecule has 67 heavy (non-hydrogen) atoms. The summed E-state index contributed by atoms with van der Waals surface area (Å²) in [6, 6.07) is -7.23. The van der Waals surface area contributed by atoms with E-state index in [9.17, 15) is 78.0 Å². The average molecular weight is 955 g/mol. The highest BCUT2D eigenvalue weighted by atomic mass is 16.4. The van der Waals surface area contributed by atoms with Crippen LogP contribution in [-0.2, 0) is 64.0 Å². The summed E-state index contributed by atoms with van der Waals surface area (Å²) in [7, 11) is 0. The summed E-state index contributed by atoms with van der Waals surface area (Å²) in [5.41, 5.74) is 17.1. The van der Waals surface area contributed by atoms with E-state index in [2.05, 4.69) is 26.6 Å². The number of nitrogens with one attached hydrogen (secondary N) is 7. The van der Waals surface area contributed by atoms with Gasteiger partial charge in [0.25, 0.3) is 0 Å². The van der Waals surface area contributed by atoms with Crippen LogP contribution in [-0.4, -0.2) is 164 Å². The van der Waals surface area contributed by atoms with Crippen molar-refractivity contribution in [2.75, 3.05) is 19.6 Å². The number of hydrogen-bond donors (Lipinski definition) is 16. The molecule has 0 aromatic heterocycles. The van der Waals surface area contributed by atoms with Crippen molar-refractivity contribution < 1.29 is 88.2 Å². The number of aliphatic carboxylic acids is 5. The van der Waals surface area contributed by atoms with Gasteiger partial charge in [0, 0.05) is 6.42 Å². The van der Waals surface area contributed by atoms with Gasteiger partial charge in [0.2, 0.25) is 41.4 Å². The Morgan fingerprint density at radius 3 is 1.15 bits per heavy atom. The molecule has 28 nitrogen and oxygen atoms in total. The van der Waals surface area contributed by atoms with Crippen molar-refractivity contribution in [1.82, 2.24) is 37.2 Å². The molecule has 0 aliphatic heterocycles. The van der Waals surface area contributed by atoms with Gasteiger partial charge in [-0.1, -0.05) is 12.1 Å². The highest BCUT2D eigenvalue weighted by Gasteiger charge is 2.36. The maximum Gasteiger partial charge on any atom is 0.322 e. The number of carbonyl (C=O) groups excluding carboxylic acids is 7. The molecule has 0 unspecified atom stereocenters. The van der Waals surface area contributed by atoms with Crippen LogP contribution in [0.2, 0.25) is 0 Å². The summed E-state index contributed by atoms with van der Waals surface area (Å²) in [5, 5.41) is 71.5. The van der Waals surface area contributed by atoms with Gasteiger partial charge in [-0.2, -0.15) is 0 Å². The quantitative estimate of drug-likeness (QED) is 0.0292. The Balaban J connectivity index is 3.46. The van der Waals surface area contributed by atoms with E-state index in [-0.39, 0.29) is 57.4 Å². The van der Waals surface area contributed by atoms with Gasteiger partial charge < -0.3 is 85.1 Å². The molecule has 0 saturated carbocycles. The summed E-state index contributed by atoms with van der Waals surface area (Å²) < 4.78 is 0. The van der Waals surface area contributed by atoms with Crippen LogP contribution in [0.15, 0.2) is 24.3 Å². The van der Waals surface area contributed by atoms with Crippen LogP contribution >= 0.6 is 0 Å². The monoisotopic (exact) mass is 954 g/mol. The van der Waals surface area contributed by atoms with Gasteiger partial charge in [-0.3, -0.25) is 57.5 Å². The summed E-state index contributed by atoms with van der Waals surface area (Å²) in [5.74, 6) is -16.7. The topological polar surface area (TPSA) is 488 Å². The van der Waals surface area contributed by atoms with Crippen LogP contribution in [0.5, 0.6) is 5.75 Å². The summed E-state index contributed by atoms with van der Waals surface area (Å²) in [4.78, 5) is 151. The first-order valence-electron chi connectivity index (χ1n) is 20.6. The first-order valence-corrected chi connectivity index (χ1v) is 20.6. The Bertz CT molecular complexity index is 1930. The fourth-order valence-electron chi connectivity index (χ4n) is 5.96. The van der Waals surface area contributed by atoms with Gasteiger partial charge in [0.05, 0.1) is 31.7 Å². The molecular weight excluding hydrogens is 896 g/mol. The van der Waals surface area contributed by atoms with E-state index in [0.29, 0.717) is 12.0 Å². The largest absolute Gasteiger partial charge is 0.508 e. The second-order valence-electron chi connectivity index (χ2n) is 14.9. The summed E-state index contributed by atoms with van der Waals surface area (Å²) in [6.07, 6.45) is -4.05. The number of hydrogen-bond acceptors (Lipinski definition) is 16. The molecular formula is C39H58N10O18. The second kappa shape index (κ2) is 29.9. The van der Waals surface area contributed by atoms with Gasteiger partial charge in [0.15, 0.2) is 0 Å². The predicted octanol–water partition coefficient (Wildman–Crippen LogP) is -5.47. The number of carbonyl (C=O) groups is 12. The Kier molecular flexibility index (Phi) is 25.7. The minimum Gasteiger partial charge on any atom is -0.508 e. The van der Waals surface area contributed by atoms with Gasteiger partial charge in [-0.05, 0) is 69.3 Å². The number of rotatable bonds is 33. The molecule has 1 rings (SSSR count). The lowest BCUT2D eigenvalue weighted by atomic mass is 10.0. The number of aromatic hydroxyl groups is 1. The molecule has 1 aromatic carbocycles. The molecule has 0 saturated heterocycles. The van der Waals surface area contributed by atoms with E-state index in [0.717, 1.165) is 0 Å². The van der Waals surface area contributed by atoms with E-state index in [1.165, 1.54) is 24.3 Å². The molecule has 7 amide bonds. The van der Waals surface area contributed by atoms with Crippen molar-refractivity contribution in [3.63, 3.8) is 0 Å². The lowest BCUT2D eigenvalue weighted by Crippen LogP contribution is -2.60. The average Bonchev–Trinajstić information content (AvgIpc) is 3.23. The molecule has 1 aromatic rings. The summed E-state index contributed by atoms with van der Waals surface area (Å²) in [6.45, 7) is -0.559. The molecule has 0 aliphatic rings. The predicted molar refractivity (Wildman–Crippen MR) is 227 cm³/mol. The van der Waals surface area contributed by atoms with Crippen molar-refractivity contribution in [2.45, 2.75) is 113 Å². The van der Waals surface area contributed by atoms with E-state index >= 15 is 0 Å². The smallest absolute Gasteiger partial charge is 0.322 e. The minimum absolute atomic E-state index is 0.117. The number of benzene rings is 1. The third kappa shape index (κ3) is 23.3. The fourth-order valence-corrected chi connectivity index (χ4v) is 5.96. The molecule has 19 N–H and O–H groups in total. The number of phenolic OH excluding ortho intramolecular Hbond substituents is 1. The van der Waals surface area contributed by atoms with E-state index in [1.54, 1.807) is 0 Å². The molecule has 0 fully saturated rings. The molecule has 0 bridgehead atoms. The zero-order valence-electron chi connectivity index (χ0n) is 36.1. The van der Waals surface area contributed by atoms with E-state index in [1.807, 2.05) is 10.6 Å². The Labute approximate surface area is 381 Å². The molecule has 7 atom stereocenters. The third-order valence-corrected chi connectivity index (χ3v) is 9.35. The molecule has 0 radical (unpaired) electrons. The SMILES string of the molecule is NCCCC[C@H](NC(=O)[C@H](CC(=O)O)NC(=O)[C@H](CC(=O)O)NC(=O)[C@H](CC(=O)O)NC(=O)[C@H](CCCCN)NC(=O)[C@H](Cc1ccc(O)cc1)NC(=O)[C@@H](N)CC(=O)O)C(=O)NCC(=O)O. The number of unbranched alkanes of at least 4 members (excludes halogenated alkanes) is 2. The Morgan fingerprint density at radius 2 is 0.776 bits per heavy atom. The molecule has 0 heterocycles. The lowest BCUT2D eigenvalue weighted by molar-refractivity contribution is -0.144. The van der Waals surface area contributed by atoms with Crippen molar-refractivity contribution in [3.8, 4) is 5.75 Å². The lowest BCUT2D eigenvalue weighted by Gasteiger charge is -2.27. The Hall–Kier alpha value is -7.46. The van der Waals surface area contributed by atoms with Gasteiger partial charge >= 0.3 is 29.8 Å². The number of phenols is 1. The van der Waals surface area contributed by atoms with E-state index < -0.39 is 146 Å². The number of nitrogens with two attached hydrogens (primary N) is 3. The maximum atomic E-state index is 13.8. The van der Waals surface area contributed by atoms with Crippen LogP contribution in [0.1, 0.15) is 69.8 Å². The van der Waals surface area contributed by atoms with Crippen LogP contribution in [0.25, 0.3) is 0 Å².